The van der Waals surface area contributed by atoms with E-state index >= 15 is 0 Å². The molecular weight excluding hydrogens is 338 g/mol. The molecule has 0 heterocycles. The summed E-state index contributed by atoms with van der Waals surface area (Å²) in [5.74, 6) is 0. The van der Waals surface area contributed by atoms with Crippen molar-refractivity contribution >= 4 is 26.0 Å². The number of hydrogen-bond acceptors (Lipinski definition) is 2. The normalized spacial score (nSPS) is 11.6. The maximum absolute atomic E-state index is 12.2. The molecule has 20 heavy (non-hydrogen) atoms. The van der Waals surface area contributed by atoms with Crippen LogP contribution in [0.15, 0.2) is 51.8 Å². The van der Waals surface area contributed by atoms with Crippen LogP contribution in [-0.2, 0) is 16.6 Å². The average Bonchev–Trinajstić information content (AvgIpc) is 2.36. The van der Waals surface area contributed by atoms with Crippen LogP contribution in [0.4, 0.5) is 0 Å². The van der Waals surface area contributed by atoms with Crippen LogP contribution in [-0.4, -0.2) is 8.42 Å². The Labute approximate surface area is 128 Å². The Balaban J connectivity index is 2.15. The molecule has 106 valence electrons. The van der Waals surface area contributed by atoms with Crippen molar-refractivity contribution in [3.63, 3.8) is 0 Å². The summed E-state index contributed by atoms with van der Waals surface area (Å²) in [6.07, 6.45) is 0. The molecule has 2 aromatic carbocycles. The van der Waals surface area contributed by atoms with Crippen molar-refractivity contribution in [2.45, 2.75) is 25.3 Å². The molecule has 0 bridgehead atoms. The van der Waals surface area contributed by atoms with Gasteiger partial charge in [0.2, 0.25) is 10.0 Å². The number of benzene rings is 2. The maximum atomic E-state index is 12.2. The van der Waals surface area contributed by atoms with Gasteiger partial charge in [0.15, 0.2) is 0 Å². The summed E-state index contributed by atoms with van der Waals surface area (Å²) < 4.78 is 27.8. The van der Waals surface area contributed by atoms with Crippen LogP contribution in [0.5, 0.6) is 0 Å². The van der Waals surface area contributed by atoms with Crippen LogP contribution in [0.3, 0.4) is 0 Å². The zero-order valence-corrected chi connectivity index (χ0v) is 13.8. The van der Waals surface area contributed by atoms with Gasteiger partial charge in [-0.2, -0.15) is 0 Å². The molecule has 0 radical (unpaired) electrons. The number of rotatable bonds is 4. The summed E-state index contributed by atoms with van der Waals surface area (Å²) in [4.78, 5) is 0.269. The van der Waals surface area contributed by atoms with Crippen LogP contribution in [0.25, 0.3) is 0 Å². The van der Waals surface area contributed by atoms with Crippen LogP contribution < -0.4 is 4.72 Å². The van der Waals surface area contributed by atoms with Gasteiger partial charge in [0.05, 0.1) is 4.90 Å². The summed E-state index contributed by atoms with van der Waals surface area (Å²) in [6, 6.07) is 12.6. The lowest BCUT2D eigenvalue weighted by molar-refractivity contribution is 0.581. The zero-order chi connectivity index (χ0) is 14.8. The Morgan fingerprint density at radius 1 is 1.00 bits per heavy atom. The fourth-order valence-electron chi connectivity index (χ4n) is 2.05. The Bertz CT molecular complexity index is 689. The number of sulfonamides is 1. The minimum atomic E-state index is -3.47. The highest BCUT2D eigenvalue weighted by Gasteiger charge is 2.13. The topological polar surface area (TPSA) is 46.2 Å². The molecule has 0 atom stereocenters. The number of hydrogen-bond donors (Lipinski definition) is 1. The lowest BCUT2D eigenvalue weighted by Crippen LogP contribution is -2.23. The third kappa shape index (κ3) is 3.91. The molecule has 0 aromatic heterocycles. The highest BCUT2D eigenvalue weighted by atomic mass is 79.9. The van der Waals surface area contributed by atoms with E-state index in [-0.39, 0.29) is 4.90 Å². The first-order valence-electron chi connectivity index (χ1n) is 6.19. The Hall–Kier alpha value is -1.17. The van der Waals surface area contributed by atoms with Crippen molar-refractivity contribution in [3.05, 3.63) is 63.6 Å². The lowest BCUT2D eigenvalue weighted by Gasteiger charge is -2.08. The molecule has 0 saturated heterocycles. The molecule has 5 heteroatoms. The molecule has 3 nitrogen and oxygen atoms in total. The standard InChI is InChI=1S/C15H16BrNO2S/c1-11-7-12(2)9-13(8-11)10-17-20(18,19)15-5-3-14(16)4-6-15/h3-9,17H,10H2,1-2H3. The van der Waals surface area contributed by atoms with E-state index in [1.807, 2.05) is 26.0 Å². The number of halogens is 1. The molecule has 0 aliphatic heterocycles. The molecular formula is C15H16BrNO2S. The van der Waals surface area contributed by atoms with Crippen molar-refractivity contribution in [2.24, 2.45) is 0 Å². The second-order valence-corrected chi connectivity index (χ2v) is 7.46. The van der Waals surface area contributed by atoms with Gasteiger partial charge < -0.3 is 0 Å². The van der Waals surface area contributed by atoms with Crippen molar-refractivity contribution in [3.8, 4) is 0 Å². The second-order valence-electron chi connectivity index (χ2n) is 4.77. The third-order valence-corrected chi connectivity index (χ3v) is 4.82. The molecule has 2 aromatic rings. The summed E-state index contributed by atoms with van der Waals surface area (Å²) >= 11 is 3.29. The highest BCUT2D eigenvalue weighted by molar-refractivity contribution is 9.10. The highest BCUT2D eigenvalue weighted by Crippen LogP contribution is 2.15. The van der Waals surface area contributed by atoms with Crippen LogP contribution in [0, 0.1) is 13.8 Å². The minimum Gasteiger partial charge on any atom is -0.207 e. The third-order valence-electron chi connectivity index (χ3n) is 2.87. The monoisotopic (exact) mass is 353 g/mol. The molecule has 0 aliphatic carbocycles. The van der Waals surface area contributed by atoms with E-state index in [9.17, 15) is 8.42 Å². The van der Waals surface area contributed by atoms with Gasteiger partial charge in [-0.15, -0.1) is 0 Å². The van der Waals surface area contributed by atoms with E-state index in [0.29, 0.717) is 6.54 Å². The van der Waals surface area contributed by atoms with Crippen molar-refractivity contribution in [1.29, 1.82) is 0 Å². The molecule has 2 rings (SSSR count). The minimum absolute atomic E-state index is 0.269. The average molecular weight is 354 g/mol. The summed E-state index contributed by atoms with van der Waals surface area (Å²) in [5, 5.41) is 0. The number of nitrogens with one attached hydrogen (secondary N) is 1. The fourth-order valence-corrected chi connectivity index (χ4v) is 3.33. The predicted molar refractivity (Wildman–Crippen MR) is 84.1 cm³/mol. The molecule has 0 fully saturated rings. The molecule has 0 aliphatic rings. The van der Waals surface area contributed by atoms with Gasteiger partial charge in [-0.3, -0.25) is 0 Å². The van der Waals surface area contributed by atoms with E-state index in [2.05, 4.69) is 26.7 Å². The molecule has 1 N–H and O–H groups in total. The van der Waals surface area contributed by atoms with Gasteiger partial charge in [0.1, 0.15) is 0 Å². The van der Waals surface area contributed by atoms with Crippen molar-refractivity contribution < 1.29 is 8.42 Å². The maximum Gasteiger partial charge on any atom is 0.240 e. The van der Waals surface area contributed by atoms with Crippen molar-refractivity contribution in [1.82, 2.24) is 4.72 Å². The van der Waals surface area contributed by atoms with Crippen LogP contribution in [0.1, 0.15) is 16.7 Å². The number of aryl methyl sites for hydroxylation is 2. The Morgan fingerprint density at radius 2 is 1.55 bits per heavy atom. The Morgan fingerprint density at radius 3 is 2.10 bits per heavy atom. The van der Waals surface area contributed by atoms with Crippen molar-refractivity contribution in [2.75, 3.05) is 0 Å². The molecule has 0 amide bonds. The first-order valence-corrected chi connectivity index (χ1v) is 8.47. The van der Waals surface area contributed by atoms with E-state index in [0.717, 1.165) is 21.2 Å². The van der Waals surface area contributed by atoms with E-state index in [1.54, 1.807) is 24.3 Å². The van der Waals surface area contributed by atoms with Gasteiger partial charge >= 0.3 is 0 Å². The molecule has 0 spiro atoms. The first-order chi connectivity index (χ1) is 9.37. The van der Waals surface area contributed by atoms with Gasteiger partial charge in [0, 0.05) is 11.0 Å². The fraction of sp³-hybridized carbons (Fsp3) is 0.200. The SMILES string of the molecule is Cc1cc(C)cc(CNS(=O)(=O)c2ccc(Br)cc2)c1. The van der Waals surface area contributed by atoms with Gasteiger partial charge in [-0.05, 0) is 43.7 Å². The lowest BCUT2D eigenvalue weighted by atomic mass is 10.1. The quantitative estimate of drug-likeness (QED) is 0.913. The second kappa shape index (κ2) is 6.08. The van der Waals surface area contributed by atoms with Gasteiger partial charge in [0.25, 0.3) is 0 Å². The Kier molecular flexibility index (Phi) is 4.62. The van der Waals surface area contributed by atoms with Crippen LogP contribution >= 0.6 is 15.9 Å². The largest absolute Gasteiger partial charge is 0.240 e. The summed E-state index contributed by atoms with van der Waals surface area (Å²) in [6.45, 7) is 4.29. The van der Waals surface area contributed by atoms with Gasteiger partial charge in [-0.1, -0.05) is 45.3 Å². The summed E-state index contributed by atoms with van der Waals surface area (Å²) in [5.41, 5.74) is 3.22. The smallest absolute Gasteiger partial charge is 0.207 e. The van der Waals surface area contributed by atoms with Gasteiger partial charge in [-0.25, -0.2) is 13.1 Å². The zero-order valence-electron chi connectivity index (χ0n) is 11.4. The van der Waals surface area contributed by atoms with E-state index in [4.69, 9.17) is 0 Å². The summed E-state index contributed by atoms with van der Waals surface area (Å²) in [7, 11) is -3.47. The first kappa shape index (κ1) is 15.2. The predicted octanol–water partition coefficient (Wildman–Crippen LogP) is 3.54. The van der Waals surface area contributed by atoms with Crippen LogP contribution in [0.2, 0.25) is 0 Å². The molecule has 0 unspecified atom stereocenters. The van der Waals surface area contributed by atoms with E-state index in [1.165, 1.54) is 0 Å². The molecule has 0 saturated carbocycles. The van der Waals surface area contributed by atoms with E-state index < -0.39 is 10.0 Å².